The first-order valence-corrected chi connectivity index (χ1v) is 28.4. The third kappa shape index (κ3) is 21.0. The summed E-state index contributed by atoms with van der Waals surface area (Å²) in [5.41, 5.74) is 11.2. The first-order chi connectivity index (χ1) is 37.7. The topological polar surface area (TPSA) is 0 Å². The molecule has 0 amide bonds. The Hall–Kier alpha value is -7.80. The van der Waals surface area contributed by atoms with Gasteiger partial charge in [0.2, 0.25) is 0 Å². The van der Waals surface area contributed by atoms with E-state index in [0.29, 0.717) is 35.5 Å². The van der Waals surface area contributed by atoms with E-state index < -0.39 is 0 Å². The summed E-state index contributed by atoms with van der Waals surface area (Å²) in [5, 5.41) is 8.02. The van der Waals surface area contributed by atoms with Crippen molar-refractivity contribution >= 4 is 32.3 Å². The lowest BCUT2D eigenvalue weighted by Crippen LogP contribution is -1.91. The third-order valence-corrected chi connectivity index (χ3v) is 13.6. The molecule has 0 aliphatic rings. The second-order valence-electron chi connectivity index (χ2n) is 21.7. The molecule has 0 atom stereocenters. The lowest BCUT2D eigenvalue weighted by molar-refractivity contribution is 0.834. The number of rotatable bonds is 7. The molecule has 0 bridgehead atoms. The number of benzene rings is 11. The first-order valence-electron chi connectivity index (χ1n) is 28.4. The molecule has 11 aromatic carbocycles. The van der Waals surface area contributed by atoms with E-state index in [1.165, 1.54) is 76.8 Å². The molecular weight excluding hydrogens is 937 g/mol. The van der Waals surface area contributed by atoms with Gasteiger partial charge >= 0.3 is 0 Å². The smallest absolute Gasteiger partial charge is 0.0149 e. The highest BCUT2D eigenvalue weighted by Gasteiger charge is 2.05. The largest absolute Gasteiger partial charge is 0.0623 e. The highest BCUT2D eigenvalue weighted by Crippen LogP contribution is 2.26. The van der Waals surface area contributed by atoms with E-state index in [1.807, 2.05) is 48.5 Å². The Balaban J connectivity index is 0.000000169. The molecule has 0 radical (unpaired) electrons. The van der Waals surface area contributed by atoms with Crippen LogP contribution in [-0.4, -0.2) is 0 Å². The molecule has 0 aliphatic heterocycles. The quantitative estimate of drug-likeness (QED) is 0.149. The fraction of sp³-hybridized carbons (Fsp3) is 0.231. The van der Waals surface area contributed by atoms with Crippen molar-refractivity contribution in [2.24, 2.45) is 0 Å². The molecule has 0 unspecified atom stereocenters. The maximum atomic E-state index is 2.31. The van der Waals surface area contributed by atoms with Gasteiger partial charge in [-0.3, -0.25) is 0 Å². The van der Waals surface area contributed by atoms with Crippen molar-refractivity contribution in [1.82, 2.24) is 0 Å². The van der Waals surface area contributed by atoms with Crippen LogP contribution < -0.4 is 0 Å². The molecule has 0 aromatic heterocycles. The van der Waals surface area contributed by atoms with Gasteiger partial charge in [-0.05, 0) is 112 Å². The maximum Gasteiger partial charge on any atom is -0.0149 e. The van der Waals surface area contributed by atoms with Crippen molar-refractivity contribution in [2.75, 3.05) is 0 Å². The predicted octanol–water partition coefficient (Wildman–Crippen LogP) is 23.7. The summed E-state index contributed by atoms with van der Waals surface area (Å²) in [5.74, 6) is 3.79. The standard InChI is InChI=1S/2C13H14.C12H10.2C12H18.C10H8.C6H6/c1-10(2)12-9-5-7-11-6-3-4-8-13(11)12;1-10(2)12-8-7-11-5-3-4-6-13(11)9-12;1-3-7-11(8-4-1)12-9-5-2-6-10-12;1-9(2)11-5-7-12(8-6-11)10(3)4;1-9(2)11-6-5-7-12(8-11)10(3)4;1-2-6-10-8-4-3-7-9(10)5-1;1-2-4-6-5-3-1/h2*3-10H,1-2H3;1-10H;2*5-10H,1-4H3;1-8H;1-6H. The molecule has 0 heteroatoms. The maximum absolute atomic E-state index is 2.31. The van der Waals surface area contributed by atoms with Gasteiger partial charge in [0, 0.05) is 0 Å². The van der Waals surface area contributed by atoms with Crippen molar-refractivity contribution in [3.05, 3.63) is 312 Å². The van der Waals surface area contributed by atoms with Crippen LogP contribution in [0.4, 0.5) is 0 Å². The van der Waals surface area contributed by atoms with Crippen LogP contribution in [0.3, 0.4) is 0 Å². The molecule has 400 valence electrons. The second kappa shape index (κ2) is 33.4. The molecule has 0 fully saturated rings. The van der Waals surface area contributed by atoms with Crippen molar-refractivity contribution in [3.8, 4) is 11.1 Å². The zero-order valence-corrected chi connectivity index (χ0v) is 49.0. The Morgan fingerprint density at radius 3 is 0.846 bits per heavy atom. The monoisotopic (exact) mass is 1020 g/mol. The van der Waals surface area contributed by atoms with Crippen LogP contribution in [0.15, 0.2) is 279 Å². The van der Waals surface area contributed by atoms with Gasteiger partial charge in [-0.15, -0.1) is 0 Å². The molecule has 0 heterocycles. The number of hydrogen-bond acceptors (Lipinski definition) is 0. The molecule has 0 aliphatic carbocycles. The zero-order valence-electron chi connectivity index (χ0n) is 49.0. The second-order valence-corrected chi connectivity index (χ2v) is 21.7. The first kappa shape index (κ1) is 61.1. The lowest BCUT2D eigenvalue weighted by Gasteiger charge is -2.09. The minimum absolute atomic E-state index is 0.603. The average molecular weight is 1030 g/mol. The highest BCUT2D eigenvalue weighted by atomic mass is 14.1. The number of fused-ring (bicyclic) bond motifs is 3. The minimum Gasteiger partial charge on any atom is -0.0623 e. The van der Waals surface area contributed by atoms with E-state index in [-0.39, 0.29) is 0 Å². The predicted molar refractivity (Wildman–Crippen MR) is 348 cm³/mol. The van der Waals surface area contributed by atoms with Crippen LogP contribution in [0.25, 0.3) is 43.4 Å². The summed E-state index contributed by atoms with van der Waals surface area (Å²) in [6, 6.07) is 97.6. The molecule has 0 spiro atoms. The highest BCUT2D eigenvalue weighted by molar-refractivity contribution is 5.86. The van der Waals surface area contributed by atoms with Gasteiger partial charge in [0.05, 0.1) is 0 Å². The van der Waals surface area contributed by atoms with Crippen LogP contribution in [0, 0.1) is 0 Å². The zero-order chi connectivity index (χ0) is 56.1. The summed E-state index contributed by atoms with van der Waals surface area (Å²) in [6.45, 7) is 26.8. The Bertz CT molecular complexity index is 3130. The van der Waals surface area contributed by atoms with E-state index in [2.05, 4.69) is 314 Å². The van der Waals surface area contributed by atoms with Crippen LogP contribution in [0.2, 0.25) is 0 Å². The normalized spacial score (nSPS) is 10.5. The molecule has 0 saturated heterocycles. The van der Waals surface area contributed by atoms with Gasteiger partial charge < -0.3 is 0 Å². The van der Waals surface area contributed by atoms with Crippen molar-refractivity contribution in [3.63, 3.8) is 0 Å². The molecule has 11 aromatic rings. The summed E-state index contributed by atoms with van der Waals surface area (Å²) in [6.07, 6.45) is 0. The Morgan fingerprint density at radius 1 is 0.179 bits per heavy atom. The van der Waals surface area contributed by atoms with Crippen molar-refractivity contribution in [2.45, 2.75) is 119 Å². The van der Waals surface area contributed by atoms with Crippen molar-refractivity contribution in [1.29, 1.82) is 0 Å². The summed E-state index contributed by atoms with van der Waals surface area (Å²) >= 11 is 0. The van der Waals surface area contributed by atoms with Gasteiger partial charge in [0.25, 0.3) is 0 Å². The SMILES string of the molecule is CC(C)c1ccc(C(C)C)cc1.CC(C)c1ccc2ccccc2c1.CC(C)c1cccc(C(C)C)c1.CC(C)c1cccc2ccccc12.c1ccc(-c2ccccc2)cc1.c1ccc2ccccc2c1.c1ccccc1. The molecular formula is C78H88. The fourth-order valence-electron chi connectivity index (χ4n) is 8.64. The fourth-order valence-corrected chi connectivity index (χ4v) is 8.64. The van der Waals surface area contributed by atoms with Gasteiger partial charge in [-0.1, -0.05) is 362 Å². The molecule has 0 N–H and O–H groups in total. The molecule has 0 nitrogen and oxygen atoms in total. The van der Waals surface area contributed by atoms with E-state index in [0.717, 1.165) is 0 Å². The minimum atomic E-state index is 0.603. The van der Waals surface area contributed by atoms with Crippen LogP contribution in [0.5, 0.6) is 0 Å². The summed E-state index contributed by atoms with van der Waals surface area (Å²) < 4.78 is 0. The van der Waals surface area contributed by atoms with Gasteiger partial charge in [-0.2, -0.15) is 0 Å². The Labute approximate surface area is 471 Å². The summed E-state index contributed by atoms with van der Waals surface area (Å²) in [7, 11) is 0. The van der Waals surface area contributed by atoms with Gasteiger partial charge in [-0.25, -0.2) is 0 Å². The van der Waals surface area contributed by atoms with E-state index in [4.69, 9.17) is 0 Å². The summed E-state index contributed by atoms with van der Waals surface area (Å²) in [4.78, 5) is 0. The lowest BCUT2D eigenvalue weighted by atomic mass is 9.96. The van der Waals surface area contributed by atoms with Crippen LogP contribution >= 0.6 is 0 Å². The Morgan fingerprint density at radius 2 is 0.462 bits per heavy atom. The number of hydrogen-bond donors (Lipinski definition) is 0. The van der Waals surface area contributed by atoms with E-state index >= 15 is 0 Å². The van der Waals surface area contributed by atoms with Gasteiger partial charge in [0.15, 0.2) is 0 Å². The van der Waals surface area contributed by atoms with Crippen LogP contribution in [0.1, 0.15) is 152 Å². The average Bonchev–Trinajstić information content (AvgIpc) is 3.49. The molecule has 11 rings (SSSR count). The van der Waals surface area contributed by atoms with Gasteiger partial charge in [0.1, 0.15) is 0 Å². The molecule has 0 saturated carbocycles. The van der Waals surface area contributed by atoms with E-state index in [1.54, 1.807) is 0 Å². The molecule has 78 heavy (non-hydrogen) atoms. The van der Waals surface area contributed by atoms with Crippen LogP contribution in [-0.2, 0) is 0 Å². The van der Waals surface area contributed by atoms with Crippen molar-refractivity contribution < 1.29 is 0 Å². The Kier molecular flexibility index (Phi) is 26.1. The van der Waals surface area contributed by atoms with E-state index in [9.17, 15) is 0 Å². The third-order valence-electron chi connectivity index (χ3n) is 13.6.